The summed E-state index contributed by atoms with van der Waals surface area (Å²) in [7, 11) is 0. The number of hydrogen-bond acceptors (Lipinski definition) is 4. The molecule has 0 aromatic heterocycles. The van der Waals surface area contributed by atoms with Crippen molar-refractivity contribution in [2.75, 3.05) is 18.1 Å². The zero-order chi connectivity index (χ0) is 22.3. The van der Waals surface area contributed by atoms with Crippen molar-refractivity contribution in [2.24, 2.45) is 5.92 Å². The summed E-state index contributed by atoms with van der Waals surface area (Å²) in [5, 5.41) is 12.4. The number of aryl methyl sites for hydroxylation is 1. The highest BCUT2D eigenvalue weighted by Gasteiger charge is 2.57. The van der Waals surface area contributed by atoms with Crippen LogP contribution in [0, 0.1) is 5.92 Å². The van der Waals surface area contributed by atoms with Gasteiger partial charge in [-0.15, -0.1) is 0 Å². The molecule has 162 valence electrons. The lowest BCUT2D eigenvalue weighted by molar-refractivity contribution is -0.140. The Morgan fingerprint density at radius 1 is 1.00 bits per heavy atom. The molecule has 2 aliphatic rings. The van der Waals surface area contributed by atoms with Gasteiger partial charge in [0.25, 0.3) is 5.91 Å². The van der Waals surface area contributed by atoms with Gasteiger partial charge in [-0.1, -0.05) is 54.1 Å². The lowest BCUT2D eigenvalue weighted by Gasteiger charge is -2.34. The van der Waals surface area contributed by atoms with Crippen molar-refractivity contribution in [3.8, 4) is 5.75 Å². The van der Waals surface area contributed by atoms with Crippen LogP contribution in [0.2, 0.25) is 5.02 Å². The third-order valence-electron chi connectivity index (χ3n) is 6.38. The second kappa shape index (κ2) is 8.08. The van der Waals surface area contributed by atoms with E-state index in [0.29, 0.717) is 40.4 Å². The maximum absolute atomic E-state index is 13.6. The second-order valence-electron chi connectivity index (χ2n) is 8.16. The number of hydrogen-bond donors (Lipinski definition) is 1. The molecule has 5 rings (SSSR count). The fourth-order valence-electron chi connectivity index (χ4n) is 4.80. The Balaban J connectivity index is 1.42. The van der Waals surface area contributed by atoms with E-state index < -0.39 is 17.4 Å². The molecule has 0 saturated heterocycles. The van der Waals surface area contributed by atoms with E-state index in [1.807, 2.05) is 24.3 Å². The van der Waals surface area contributed by atoms with Crippen LogP contribution in [0.15, 0.2) is 72.8 Å². The summed E-state index contributed by atoms with van der Waals surface area (Å²) in [6.07, 6.45) is 1.06. The number of benzene rings is 3. The number of para-hydroxylation sites is 1. The average molecular weight is 448 g/mol. The summed E-state index contributed by atoms with van der Waals surface area (Å²) in [6, 6.07) is 21.6. The summed E-state index contributed by atoms with van der Waals surface area (Å²) in [4.78, 5) is 28.4. The van der Waals surface area contributed by atoms with E-state index in [9.17, 15) is 14.7 Å². The fourth-order valence-corrected chi connectivity index (χ4v) is 4.93. The van der Waals surface area contributed by atoms with Gasteiger partial charge in [-0.3, -0.25) is 9.59 Å². The van der Waals surface area contributed by atoms with Gasteiger partial charge in [0.2, 0.25) is 0 Å². The van der Waals surface area contributed by atoms with Crippen LogP contribution in [0.25, 0.3) is 0 Å². The minimum atomic E-state index is -1.89. The van der Waals surface area contributed by atoms with Gasteiger partial charge in [-0.05, 0) is 48.7 Å². The number of aliphatic hydroxyl groups is 1. The molecule has 0 radical (unpaired) electrons. The third kappa shape index (κ3) is 3.29. The van der Waals surface area contributed by atoms with Crippen molar-refractivity contribution in [2.45, 2.75) is 18.4 Å². The highest BCUT2D eigenvalue weighted by Crippen LogP contribution is 2.48. The number of ketones is 1. The molecule has 6 heteroatoms. The van der Waals surface area contributed by atoms with Crippen LogP contribution < -0.4 is 9.64 Å². The minimum Gasteiger partial charge on any atom is -0.492 e. The van der Waals surface area contributed by atoms with Crippen molar-refractivity contribution < 1.29 is 19.4 Å². The molecule has 0 spiro atoms. The smallest absolute Gasteiger partial charge is 0.264 e. The van der Waals surface area contributed by atoms with Crippen LogP contribution in [0.1, 0.15) is 27.9 Å². The maximum atomic E-state index is 13.6. The standard InChI is InChI=1S/C26H22ClNO4/c27-18-10-12-19(13-11-18)32-16-15-28-23-8-4-3-7-21(23)26(31,25(28)30)22-14-9-17-5-1-2-6-20(17)24(22)29/h1-8,10-13,22,31H,9,14-16H2/t22-,26+/m0/s1. The predicted octanol–water partition coefficient (Wildman–Crippen LogP) is 4.40. The normalized spacial score (nSPS) is 21.9. The molecule has 2 atom stereocenters. The molecule has 1 N–H and O–H groups in total. The first-order valence-corrected chi connectivity index (χ1v) is 11.0. The van der Waals surface area contributed by atoms with Gasteiger partial charge in [0, 0.05) is 16.1 Å². The summed E-state index contributed by atoms with van der Waals surface area (Å²) in [5.74, 6) is -0.843. The number of rotatable bonds is 5. The van der Waals surface area contributed by atoms with Gasteiger partial charge in [-0.25, -0.2) is 0 Å². The zero-order valence-electron chi connectivity index (χ0n) is 17.3. The van der Waals surface area contributed by atoms with E-state index in [-0.39, 0.29) is 18.9 Å². The van der Waals surface area contributed by atoms with E-state index >= 15 is 0 Å². The SMILES string of the molecule is O=C1c2ccccc2CC[C@@H]1[C@@]1(O)C(=O)N(CCOc2ccc(Cl)cc2)c2ccccc21. The molecule has 32 heavy (non-hydrogen) atoms. The van der Waals surface area contributed by atoms with Crippen LogP contribution in [0.3, 0.4) is 0 Å². The van der Waals surface area contributed by atoms with Crippen LogP contribution >= 0.6 is 11.6 Å². The molecule has 0 unspecified atom stereocenters. The molecule has 1 amide bonds. The molecule has 0 fully saturated rings. The monoisotopic (exact) mass is 447 g/mol. The number of Topliss-reactive ketones (excluding diaryl/α,β-unsaturated/α-hetero) is 1. The Morgan fingerprint density at radius 2 is 1.72 bits per heavy atom. The number of carbonyl (C=O) groups excluding carboxylic acids is 2. The van der Waals surface area contributed by atoms with Gasteiger partial charge in [0.1, 0.15) is 12.4 Å². The van der Waals surface area contributed by atoms with Crippen LogP contribution in [-0.2, 0) is 16.8 Å². The van der Waals surface area contributed by atoms with Gasteiger partial charge in [0.15, 0.2) is 11.4 Å². The molecule has 1 aliphatic heterocycles. The van der Waals surface area contributed by atoms with E-state index in [4.69, 9.17) is 16.3 Å². The Bertz CT molecular complexity index is 1190. The molecular weight excluding hydrogens is 426 g/mol. The fraction of sp³-hybridized carbons (Fsp3) is 0.231. The molecule has 3 aromatic carbocycles. The summed E-state index contributed by atoms with van der Waals surface area (Å²) >= 11 is 5.91. The van der Waals surface area contributed by atoms with Crippen molar-refractivity contribution in [1.29, 1.82) is 0 Å². The Hall–Kier alpha value is -3.15. The lowest BCUT2D eigenvalue weighted by Crippen LogP contribution is -2.50. The quantitative estimate of drug-likeness (QED) is 0.629. The van der Waals surface area contributed by atoms with E-state index in [1.165, 1.54) is 4.90 Å². The molecule has 5 nitrogen and oxygen atoms in total. The largest absolute Gasteiger partial charge is 0.492 e. The number of halogens is 1. The third-order valence-corrected chi connectivity index (χ3v) is 6.63. The first-order chi connectivity index (χ1) is 15.5. The summed E-state index contributed by atoms with van der Waals surface area (Å²) in [6.45, 7) is 0.484. The van der Waals surface area contributed by atoms with Crippen LogP contribution in [0.4, 0.5) is 5.69 Å². The van der Waals surface area contributed by atoms with Crippen molar-refractivity contribution in [3.05, 3.63) is 94.5 Å². The van der Waals surface area contributed by atoms with E-state index in [2.05, 4.69) is 0 Å². The maximum Gasteiger partial charge on any atom is 0.264 e. The highest BCUT2D eigenvalue weighted by molar-refractivity contribution is 6.30. The van der Waals surface area contributed by atoms with Gasteiger partial charge >= 0.3 is 0 Å². The first kappa shape index (κ1) is 20.7. The molecule has 0 saturated carbocycles. The van der Waals surface area contributed by atoms with Crippen molar-refractivity contribution >= 4 is 29.0 Å². The molecule has 3 aromatic rings. The van der Waals surface area contributed by atoms with Gasteiger partial charge in [-0.2, -0.15) is 0 Å². The number of anilines is 1. The minimum absolute atomic E-state index is 0.184. The van der Waals surface area contributed by atoms with Gasteiger partial charge in [0.05, 0.1) is 18.2 Å². The Morgan fingerprint density at radius 3 is 2.53 bits per heavy atom. The number of carbonyl (C=O) groups is 2. The number of ether oxygens (including phenoxy) is 1. The van der Waals surface area contributed by atoms with Crippen molar-refractivity contribution in [1.82, 2.24) is 0 Å². The zero-order valence-corrected chi connectivity index (χ0v) is 18.1. The Kier molecular flexibility index (Phi) is 5.24. The topological polar surface area (TPSA) is 66.8 Å². The van der Waals surface area contributed by atoms with E-state index in [0.717, 1.165) is 5.56 Å². The second-order valence-corrected chi connectivity index (χ2v) is 8.59. The first-order valence-electron chi connectivity index (χ1n) is 10.6. The summed E-state index contributed by atoms with van der Waals surface area (Å²) in [5.41, 5.74) is 0.762. The van der Waals surface area contributed by atoms with Crippen LogP contribution in [-0.4, -0.2) is 29.9 Å². The van der Waals surface area contributed by atoms with Gasteiger partial charge < -0.3 is 14.7 Å². The average Bonchev–Trinajstić information content (AvgIpc) is 3.03. The lowest BCUT2D eigenvalue weighted by atomic mass is 9.71. The number of amides is 1. The highest BCUT2D eigenvalue weighted by atomic mass is 35.5. The molecular formula is C26H22ClNO4. The molecule has 1 heterocycles. The van der Waals surface area contributed by atoms with Crippen molar-refractivity contribution in [3.63, 3.8) is 0 Å². The number of fused-ring (bicyclic) bond motifs is 2. The summed E-state index contributed by atoms with van der Waals surface area (Å²) < 4.78 is 5.77. The van der Waals surface area contributed by atoms with E-state index in [1.54, 1.807) is 48.5 Å². The van der Waals surface area contributed by atoms with Crippen LogP contribution in [0.5, 0.6) is 5.75 Å². The Labute approximate surface area is 191 Å². The number of nitrogens with zero attached hydrogens (tertiary/aromatic N) is 1. The predicted molar refractivity (Wildman–Crippen MR) is 122 cm³/mol. The molecule has 1 aliphatic carbocycles. The molecule has 0 bridgehead atoms.